The van der Waals surface area contributed by atoms with E-state index in [1.165, 1.54) is 16.4 Å². The molecule has 2 heterocycles. The summed E-state index contributed by atoms with van der Waals surface area (Å²) in [5.41, 5.74) is 0.223. The van der Waals surface area contributed by atoms with Crippen molar-refractivity contribution in [2.24, 2.45) is 5.41 Å². The van der Waals surface area contributed by atoms with Crippen molar-refractivity contribution in [2.75, 3.05) is 31.6 Å². The van der Waals surface area contributed by atoms with Crippen molar-refractivity contribution >= 4 is 21.7 Å². The van der Waals surface area contributed by atoms with Crippen LogP contribution in [0.15, 0.2) is 47.9 Å². The molecule has 2 N–H and O–H groups in total. The minimum Gasteiger partial charge on any atom is -0.379 e. The number of amides is 2. The second-order valence-electron chi connectivity index (χ2n) is 8.32. The molecule has 0 aliphatic carbocycles. The summed E-state index contributed by atoms with van der Waals surface area (Å²) in [6.07, 6.45) is 5.25. The molecule has 2 amide bonds. The van der Waals surface area contributed by atoms with Crippen LogP contribution in [0.4, 0.5) is 10.5 Å². The number of nitrogens with one attached hydrogen (secondary N) is 2. The van der Waals surface area contributed by atoms with Crippen LogP contribution in [0, 0.1) is 5.41 Å². The van der Waals surface area contributed by atoms with Crippen molar-refractivity contribution in [1.82, 2.24) is 19.2 Å². The molecule has 2 aromatic rings. The van der Waals surface area contributed by atoms with Gasteiger partial charge in [-0.1, -0.05) is 26.8 Å². The molecule has 1 saturated heterocycles. The third kappa shape index (κ3) is 5.59. The van der Waals surface area contributed by atoms with Crippen molar-refractivity contribution < 1.29 is 17.9 Å². The lowest BCUT2D eigenvalue weighted by Crippen LogP contribution is -2.47. The number of anilines is 1. The van der Waals surface area contributed by atoms with Crippen molar-refractivity contribution in [2.45, 2.75) is 38.3 Å². The van der Waals surface area contributed by atoms with Gasteiger partial charge in [0.1, 0.15) is 0 Å². The molecule has 0 radical (unpaired) electrons. The zero-order chi connectivity index (χ0) is 21.8. The highest BCUT2D eigenvalue weighted by molar-refractivity contribution is 7.89. The van der Waals surface area contributed by atoms with Crippen LogP contribution in [0.25, 0.3) is 0 Å². The van der Waals surface area contributed by atoms with Crippen molar-refractivity contribution in [1.29, 1.82) is 0 Å². The zero-order valence-electron chi connectivity index (χ0n) is 17.5. The number of aromatic nitrogens is 2. The average Bonchev–Trinajstić information content (AvgIpc) is 3.21. The van der Waals surface area contributed by atoms with Gasteiger partial charge in [-0.25, -0.2) is 18.2 Å². The SMILES string of the molecule is CC(C)(C)[C@H](Cn1ccnc1)NC(=O)Nc1cccc(S(=O)(=O)N2CCOCC2)c1. The summed E-state index contributed by atoms with van der Waals surface area (Å²) in [7, 11) is -3.63. The lowest BCUT2D eigenvalue weighted by atomic mass is 9.86. The summed E-state index contributed by atoms with van der Waals surface area (Å²) in [5.74, 6) is 0. The van der Waals surface area contributed by atoms with E-state index >= 15 is 0 Å². The highest BCUT2D eigenvalue weighted by Crippen LogP contribution is 2.22. The van der Waals surface area contributed by atoms with Gasteiger partial charge in [-0.05, 0) is 23.6 Å². The number of sulfonamides is 1. The van der Waals surface area contributed by atoms with Gasteiger partial charge in [-0.2, -0.15) is 4.31 Å². The van der Waals surface area contributed by atoms with Gasteiger partial charge in [0.2, 0.25) is 10.0 Å². The van der Waals surface area contributed by atoms with E-state index in [0.717, 1.165) is 0 Å². The van der Waals surface area contributed by atoms with E-state index in [1.807, 2.05) is 31.5 Å². The number of urea groups is 1. The summed E-state index contributed by atoms with van der Waals surface area (Å²) in [6.45, 7) is 8.11. The third-order valence-corrected chi connectivity index (χ3v) is 6.90. The Hall–Kier alpha value is -2.43. The van der Waals surface area contributed by atoms with Crippen LogP contribution in [0.1, 0.15) is 20.8 Å². The van der Waals surface area contributed by atoms with Crippen molar-refractivity contribution in [3.63, 3.8) is 0 Å². The molecule has 1 fully saturated rings. The number of rotatable bonds is 6. The minimum atomic E-state index is -3.63. The Morgan fingerprint density at radius 3 is 2.63 bits per heavy atom. The van der Waals surface area contributed by atoms with Gasteiger partial charge in [-0.15, -0.1) is 0 Å². The maximum Gasteiger partial charge on any atom is 0.319 e. The molecule has 1 aromatic heterocycles. The first-order chi connectivity index (χ1) is 14.2. The normalized spacial score (nSPS) is 16.8. The summed E-state index contributed by atoms with van der Waals surface area (Å²) >= 11 is 0. The number of nitrogens with zero attached hydrogens (tertiary/aromatic N) is 3. The molecule has 10 heteroatoms. The molecule has 1 aromatic carbocycles. The fourth-order valence-electron chi connectivity index (χ4n) is 3.14. The van der Waals surface area contributed by atoms with Gasteiger partial charge in [0, 0.05) is 37.7 Å². The molecule has 30 heavy (non-hydrogen) atoms. The maximum absolute atomic E-state index is 12.8. The third-order valence-electron chi connectivity index (χ3n) is 5.00. The Bertz CT molecular complexity index is 948. The second kappa shape index (κ2) is 9.15. The Morgan fingerprint density at radius 2 is 2.00 bits per heavy atom. The molecule has 0 bridgehead atoms. The number of carbonyl (C=O) groups excluding carboxylic acids is 1. The van der Waals surface area contributed by atoms with Crippen LogP contribution in [-0.2, 0) is 21.3 Å². The fraction of sp³-hybridized carbons (Fsp3) is 0.500. The van der Waals surface area contributed by atoms with Crippen LogP contribution in [0.5, 0.6) is 0 Å². The number of carbonyl (C=O) groups is 1. The first kappa shape index (κ1) is 22.3. The quantitative estimate of drug-likeness (QED) is 0.723. The number of imidazole rings is 1. The number of hydrogen-bond acceptors (Lipinski definition) is 5. The van der Waals surface area contributed by atoms with Gasteiger partial charge >= 0.3 is 6.03 Å². The number of benzene rings is 1. The second-order valence-corrected chi connectivity index (χ2v) is 10.3. The molecule has 0 spiro atoms. The Balaban J connectivity index is 1.69. The summed E-state index contributed by atoms with van der Waals surface area (Å²) in [6, 6.07) is 5.75. The molecule has 3 rings (SSSR count). The smallest absolute Gasteiger partial charge is 0.319 e. The molecule has 164 valence electrons. The van der Waals surface area contributed by atoms with Crippen LogP contribution < -0.4 is 10.6 Å². The number of morpholine rings is 1. The van der Waals surface area contributed by atoms with E-state index in [9.17, 15) is 13.2 Å². The highest BCUT2D eigenvalue weighted by Gasteiger charge is 2.28. The Kier molecular flexibility index (Phi) is 6.79. The minimum absolute atomic E-state index is 0.146. The average molecular weight is 436 g/mol. The van der Waals surface area contributed by atoms with Gasteiger partial charge in [0.25, 0.3) is 0 Å². The van der Waals surface area contributed by atoms with E-state index in [-0.39, 0.29) is 16.4 Å². The molecular weight excluding hydrogens is 406 g/mol. The van der Waals surface area contributed by atoms with E-state index in [1.54, 1.807) is 24.7 Å². The summed E-state index contributed by atoms with van der Waals surface area (Å²) in [4.78, 5) is 16.8. The summed E-state index contributed by atoms with van der Waals surface area (Å²) < 4.78 is 34.2. The first-order valence-electron chi connectivity index (χ1n) is 9.87. The Labute approximate surface area is 177 Å². The largest absolute Gasteiger partial charge is 0.379 e. The van der Waals surface area contributed by atoms with E-state index < -0.39 is 16.1 Å². The van der Waals surface area contributed by atoms with Crippen LogP contribution >= 0.6 is 0 Å². The van der Waals surface area contributed by atoms with Crippen molar-refractivity contribution in [3.8, 4) is 0 Å². The van der Waals surface area contributed by atoms with Crippen LogP contribution in [-0.4, -0.2) is 60.7 Å². The standard InChI is InChI=1S/C20H29N5O4S/c1-20(2,3)18(14-24-8-7-21-15-24)23-19(26)22-16-5-4-6-17(13-16)30(27,28)25-9-11-29-12-10-25/h4-8,13,15,18H,9-12,14H2,1-3H3,(H2,22,23,26)/t18-/m0/s1. The highest BCUT2D eigenvalue weighted by atomic mass is 32.2. The van der Waals surface area contributed by atoms with E-state index in [4.69, 9.17) is 4.74 Å². The predicted molar refractivity (Wildman–Crippen MR) is 114 cm³/mol. The lowest BCUT2D eigenvalue weighted by Gasteiger charge is -2.31. The molecule has 1 aliphatic heterocycles. The predicted octanol–water partition coefficient (Wildman–Crippen LogP) is 2.14. The van der Waals surface area contributed by atoms with E-state index in [2.05, 4.69) is 15.6 Å². The summed E-state index contributed by atoms with van der Waals surface area (Å²) in [5, 5.41) is 5.75. The molecular formula is C20H29N5O4S. The number of ether oxygens (including phenoxy) is 1. The van der Waals surface area contributed by atoms with Gasteiger partial charge in [-0.3, -0.25) is 0 Å². The Morgan fingerprint density at radius 1 is 1.27 bits per heavy atom. The van der Waals surface area contributed by atoms with Crippen LogP contribution in [0.2, 0.25) is 0 Å². The molecule has 1 atom stereocenters. The lowest BCUT2D eigenvalue weighted by molar-refractivity contribution is 0.0730. The zero-order valence-corrected chi connectivity index (χ0v) is 18.4. The fourth-order valence-corrected chi connectivity index (χ4v) is 4.59. The topological polar surface area (TPSA) is 106 Å². The number of hydrogen-bond donors (Lipinski definition) is 2. The maximum atomic E-state index is 12.8. The molecule has 0 unspecified atom stereocenters. The van der Waals surface area contributed by atoms with Crippen LogP contribution in [0.3, 0.4) is 0 Å². The molecule has 9 nitrogen and oxygen atoms in total. The van der Waals surface area contributed by atoms with E-state index in [0.29, 0.717) is 38.5 Å². The van der Waals surface area contributed by atoms with Crippen molar-refractivity contribution in [3.05, 3.63) is 43.0 Å². The molecule has 0 saturated carbocycles. The monoisotopic (exact) mass is 435 g/mol. The van der Waals surface area contributed by atoms with Gasteiger partial charge < -0.3 is 19.9 Å². The first-order valence-corrected chi connectivity index (χ1v) is 11.3. The molecule has 1 aliphatic rings. The van der Waals surface area contributed by atoms with Gasteiger partial charge in [0.15, 0.2) is 0 Å². The van der Waals surface area contributed by atoms with Gasteiger partial charge in [0.05, 0.1) is 30.5 Å².